The molecule has 0 aliphatic rings. The molecule has 5 nitrogen and oxygen atoms in total. The first-order valence-electron chi connectivity index (χ1n) is 8.33. The van der Waals surface area contributed by atoms with E-state index in [0.29, 0.717) is 18.7 Å². The summed E-state index contributed by atoms with van der Waals surface area (Å²) < 4.78 is 25.4. The number of amides is 1. The van der Waals surface area contributed by atoms with Crippen molar-refractivity contribution in [3.05, 3.63) is 78.4 Å². The third kappa shape index (κ3) is 4.80. The van der Waals surface area contributed by atoms with Crippen molar-refractivity contribution in [1.29, 1.82) is 0 Å². The van der Waals surface area contributed by atoms with Crippen molar-refractivity contribution >= 4 is 15.9 Å². The van der Waals surface area contributed by atoms with E-state index < -0.39 is 10.0 Å². The molecule has 0 radical (unpaired) electrons. The van der Waals surface area contributed by atoms with E-state index in [2.05, 4.69) is 6.58 Å². The summed E-state index contributed by atoms with van der Waals surface area (Å²) in [7, 11) is -0.552. The average Bonchev–Trinajstić information content (AvgIpc) is 2.65. The maximum atomic E-state index is 12.8. The number of benzene rings is 2. The quantitative estimate of drug-likeness (QED) is 0.670. The molecule has 0 fully saturated rings. The second kappa shape index (κ2) is 8.78. The van der Waals surface area contributed by atoms with Crippen LogP contribution in [0.4, 0.5) is 0 Å². The minimum atomic E-state index is -3.50. The Morgan fingerprint density at radius 2 is 1.65 bits per heavy atom. The standard InChI is InChI=1S/C20H24N2O3S/c1-4-15-22(16-14-17-8-6-5-7-9-17)20(23)18-10-12-19(13-11-18)26(24,25)21(2)3/h4-13H,1,14-16H2,2-3H3. The van der Waals surface area contributed by atoms with Gasteiger partial charge in [0.15, 0.2) is 0 Å². The zero-order chi connectivity index (χ0) is 19.2. The van der Waals surface area contributed by atoms with Gasteiger partial charge in [0.1, 0.15) is 0 Å². The maximum absolute atomic E-state index is 12.8. The number of rotatable bonds is 8. The minimum Gasteiger partial charge on any atom is -0.335 e. The second-order valence-electron chi connectivity index (χ2n) is 6.09. The van der Waals surface area contributed by atoms with Crippen molar-refractivity contribution in [2.75, 3.05) is 27.2 Å². The Labute approximate surface area is 155 Å². The molecule has 6 heteroatoms. The number of carbonyl (C=O) groups excluding carboxylic acids is 1. The smallest absolute Gasteiger partial charge is 0.254 e. The van der Waals surface area contributed by atoms with E-state index in [9.17, 15) is 13.2 Å². The third-order valence-electron chi connectivity index (χ3n) is 4.03. The predicted molar refractivity (Wildman–Crippen MR) is 104 cm³/mol. The summed E-state index contributed by atoms with van der Waals surface area (Å²) in [5, 5.41) is 0. The first kappa shape index (κ1) is 19.9. The molecular weight excluding hydrogens is 348 g/mol. The fraction of sp³-hybridized carbons (Fsp3) is 0.250. The molecule has 0 spiro atoms. The van der Waals surface area contributed by atoms with E-state index in [1.165, 1.54) is 26.2 Å². The van der Waals surface area contributed by atoms with Crippen LogP contribution in [-0.4, -0.2) is 50.7 Å². The number of nitrogens with zero attached hydrogens (tertiary/aromatic N) is 2. The van der Waals surface area contributed by atoms with Gasteiger partial charge in [-0.05, 0) is 36.2 Å². The molecule has 0 bridgehead atoms. The van der Waals surface area contributed by atoms with E-state index in [-0.39, 0.29) is 10.8 Å². The van der Waals surface area contributed by atoms with E-state index in [4.69, 9.17) is 0 Å². The van der Waals surface area contributed by atoms with Crippen molar-refractivity contribution in [3.63, 3.8) is 0 Å². The lowest BCUT2D eigenvalue weighted by Gasteiger charge is -2.21. The number of carbonyl (C=O) groups is 1. The molecule has 26 heavy (non-hydrogen) atoms. The van der Waals surface area contributed by atoms with E-state index in [1.807, 2.05) is 30.3 Å². The van der Waals surface area contributed by atoms with Gasteiger partial charge in [-0.2, -0.15) is 0 Å². The molecule has 2 rings (SSSR count). The van der Waals surface area contributed by atoms with Crippen molar-refractivity contribution in [2.24, 2.45) is 0 Å². The first-order valence-corrected chi connectivity index (χ1v) is 9.77. The van der Waals surface area contributed by atoms with Gasteiger partial charge in [-0.15, -0.1) is 6.58 Å². The highest BCUT2D eigenvalue weighted by atomic mass is 32.2. The third-order valence-corrected chi connectivity index (χ3v) is 5.86. The van der Waals surface area contributed by atoms with Crippen LogP contribution in [0, 0.1) is 0 Å². The summed E-state index contributed by atoms with van der Waals surface area (Å²) >= 11 is 0. The highest BCUT2D eigenvalue weighted by Crippen LogP contribution is 2.15. The Bertz CT molecular complexity index is 844. The Balaban J connectivity index is 2.14. The number of hydrogen-bond donors (Lipinski definition) is 0. The van der Waals surface area contributed by atoms with Gasteiger partial charge in [-0.1, -0.05) is 36.4 Å². The van der Waals surface area contributed by atoms with Crippen LogP contribution in [0.25, 0.3) is 0 Å². The van der Waals surface area contributed by atoms with E-state index in [0.717, 1.165) is 16.3 Å². The van der Waals surface area contributed by atoms with Crippen molar-refractivity contribution < 1.29 is 13.2 Å². The molecule has 2 aromatic rings. The van der Waals surface area contributed by atoms with Crippen LogP contribution in [-0.2, 0) is 16.4 Å². The lowest BCUT2D eigenvalue weighted by Crippen LogP contribution is -2.33. The molecule has 0 unspecified atom stereocenters. The van der Waals surface area contributed by atoms with Gasteiger partial charge in [0.25, 0.3) is 5.91 Å². The fourth-order valence-electron chi connectivity index (χ4n) is 2.50. The Kier molecular flexibility index (Phi) is 6.71. The Morgan fingerprint density at radius 1 is 1.04 bits per heavy atom. The Morgan fingerprint density at radius 3 is 2.19 bits per heavy atom. The van der Waals surface area contributed by atoms with Gasteiger partial charge in [0, 0.05) is 32.7 Å². The van der Waals surface area contributed by atoms with Crippen LogP contribution >= 0.6 is 0 Å². The van der Waals surface area contributed by atoms with Crippen LogP contribution in [0.5, 0.6) is 0 Å². The number of hydrogen-bond acceptors (Lipinski definition) is 3. The zero-order valence-electron chi connectivity index (χ0n) is 15.1. The van der Waals surface area contributed by atoms with Gasteiger partial charge in [0.2, 0.25) is 10.0 Å². The normalized spacial score (nSPS) is 11.3. The lowest BCUT2D eigenvalue weighted by molar-refractivity contribution is 0.0775. The van der Waals surface area contributed by atoms with Crippen LogP contribution in [0.1, 0.15) is 15.9 Å². The SMILES string of the molecule is C=CCN(CCc1ccccc1)C(=O)c1ccc(S(=O)(=O)N(C)C)cc1. The molecule has 0 N–H and O–H groups in total. The predicted octanol–water partition coefficient (Wildman–Crippen LogP) is 2.81. The highest BCUT2D eigenvalue weighted by Gasteiger charge is 2.19. The first-order chi connectivity index (χ1) is 12.4. The molecule has 0 aliphatic carbocycles. The summed E-state index contributed by atoms with van der Waals surface area (Å²) in [6.45, 7) is 4.71. The molecular formula is C20H24N2O3S. The molecule has 0 aliphatic heterocycles. The average molecular weight is 372 g/mol. The molecule has 138 valence electrons. The molecule has 0 atom stereocenters. The summed E-state index contributed by atoms with van der Waals surface area (Å²) in [5.74, 6) is -0.144. The largest absolute Gasteiger partial charge is 0.335 e. The van der Waals surface area contributed by atoms with Crippen LogP contribution in [0.3, 0.4) is 0 Å². The summed E-state index contributed by atoms with van der Waals surface area (Å²) in [4.78, 5) is 14.6. The van der Waals surface area contributed by atoms with Gasteiger partial charge < -0.3 is 4.90 Å². The van der Waals surface area contributed by atoms with Crippen LogP contribution in [0.15, 0.2) is 72.1 Å². The second-order valence-corrected chi connectivity index (χ2v) is 8.24. The van der Waals surface area contributed by atoms with Crippen molar-refractivity contribution in [3.8, 4) is 0 Å². The van der Waals surface area contributed by atoms with E-state index in [1.54, 1.807) is 23.1 Å². The molecule has 0 heterocycles. The van der Waals surface area contributed by atoms with Gasteiger partial charge >= 0.3 is 0 Å². The highest BCUT2D eigenvalue weighted by molar-refractivity contribution is 7.89. The maximum Gasteiger partial charge on any atom is 0.254 e. The van der Waals surface area contributed by atoms with Crippen molar-refractivity contribution in [2.45, 2.75) is 11.3 Å². The summed E-state index contributed by atoms with van der Waals surface area (Å²) in [6.07, 6.45) is 2.43. The van der Waals surface area contributed by atoms with Crippen LogP contribution < -0.4 is 0 Å². The fourth-order valence-corrected chi connectivity index (χ4v) is 3.40. The van der Waals surface area contributed by atoms with Gasteiger partial charge in [-0.25, -0.2) is 12.7 Å². The van der Waals surface area contributed by atoms with Crippen molar-refractivity contribution in [1.82, 2.24) is 9.21 Å². The zero-order valence-corrected chi connectivity index (χ0v) is 15.9. The lowest BCUT2D eigenvalue weighted by atomic mass is 10.1. The van der Waals surface area contributed by atoms with Gasteiger partial charge in [0.05, 0.1) is 4.90 Å². The Hall–Kier alpha value is -2.44. The molecule has 1 amide bonds. The summed E-state index contributed by atoms with van der Waals surface area (Å²) in [5.41, 5.74) is 1.61. The van der Waals surface area contributed by atoms with Gasteiger partial charge in [-0.3, -0.25) is 4.79 Å². The van der Waals surface area contributed by atoms with E-state index >= 15 is 0 Å². The molecule has 2 aromatic carbocycles. The molecule has 0 saturated carbocycles. The monoisotopic (exact) mass is 372 g/mol. The van der Waals surface area contributed by atoms with Crippen LogP contribution in [0.2, 0.25) is 0 Å². The molecule has 0 aromatic heterocycles. The summed E-state index contributed by atoms with van der Waals surface area (Å²) in [6, 6.07) is 16.0. The topological polar surface area (TPSA) is 57.7 Å². The number of sulfonamides is 1. The minimum absolute atomic E-state index is 0.144. The molecule has 0 saturated heterocycles.